The molecule has 1 N–H and O–H groups in total. The fourth-order valence-electron chi connectivity index (χ4n) is 4.31. The zero-order valence-corrected chi connectivity index (χ0v) is 18.9. The Labute approximate surface area is 199 Å². The molecule has 180 valence electrons. The van der Waals surface area contributed by atoms with Gasteiger partial charge in [-0.05, 0) is 25.0 Å². The van der Waals surface area contributed by atoms with Crippen molar-refractivity contribution in [1.82, 2.24) is 24.9 Å². The van der Waals surface area contributed by atoms with Gasteiger partial charge in [-0.15, -0.1) is 0 Å². The lowest BCUT2D eigenvalue weighted by Gasteiger charge is -2.40. The van der Waals surface area contributed by atoms with E-state index in [-0.39, 0.29) is 30.5 Å². The molecule has 0 unspecified atom stereocenters. The van der Waals surface area contributed by atoms with Gasteiger partial charge < -0.3 is 14.5 Å². The summed E-state index contributed by atoms with van der Waals surface area (Å²) in [7, 11) is 1.61. The first kappa shape index (κ1) is 22.6. The summed E-state index contributed by atoms with van der Waals surface area (Å²) in [5, 5.41) is 18.1. The highest BCUT2D eigenvalue weighted by atomic mass is 19.1. The quantitative estimate of drug-likeness (QED) is 0.403. The van der Waals surface area contributed by atoms with E-state index in [0.29, 0.717) is 35.5 Å². The van der Waals surface area contributed by atoms with Crippen LogP contribution in [0.1, 0.15) is 24.8 Å². The van der Waals surface area contributed by atoms with Crippen LogP contribution >= 0.6 is 0 Å². The highest BCUT2D eigenvalue weighted by Gasteiger charge is 2.45. The van der Waals surface area contributed by atoms with Crippen molar-refractivity contribution < 1.29 is 23.2 Å². The summed E-state index contributed by atoms with van der Waals surface area (Å²) in [5.41, 5.74) is 0.859. The summed E-state index contributed by atoms with van der Waals surface area (Å²) in [6.45, 7) is 0.242. The number of benzene rings is 1. The van der Waals surface area contributed by atoms with E-state index in [9.17, 15) is 18.7 Å². The van der Waals surface area contributed by atoms with Crippen LogP contribution in [-0.2, 0) is 11.3 Å². The van der Waals surface area contributed by atoms with E-state index in [4.69, 9.17) is 4.52 Å². The maximum absolute atomic E-state index is 14.7. The molecule has 1 aliphatic rings. The van der Waals surface area contributed by atoms with Crippen molar-refractivity contribution in [2.75, 3.05) is 18.5 Å². The number of carboxylic acid groups (broad SMARTS) is 1. The first-order chi connectivity index (χ1) is 16.9. The summed E-state index contributed by atoms with van der Waals surface area (Å²) in [6.07, 6.45) is 4.34. The van der Waals surface area contributed by atoms with Gasteiger partial charge in [0.1, 0.15) is 23.5 Å². The minimum atomic E-state index is -0.909. The van der Waals surface area contributed by atoms with Crippen LogP contribution in [0, 0.1) is 17.0 Å². The van der Waals surface area contributed by atoms with Gasteiger partial charge in [-0.3, -0.25) is 9.48 Å². The molecule has 4 aromatic rings. The lowest BCUT2D eigenvalue weighted by Crippen LogP contribution is -2.47. The van der Waals surface area contributed by atoms with Gasteiger partial charge in [0.15, 0.2) is 17.5 Å². The second-order valence-corrected chi connectivity index (χ2v) is 8.71. The zero-order chi connectivity index (χ0) is 24.6. The number of carboxylic acids is 1. The number of hydrogen-bond donors (Lipinski definition) is 1. The Kier molecular flexibility index (Phi) is 5.75. The molecule has 35 heavy (non-hydrogen) atoms. The molecule has 3 aromatic heterocycles. The van der Waals surface area contributed by atoms with Crippen molar-refractivity contribution >= 4 is 11.8 Å². The van der Waals surface area contributed by atoms with Crippen LogP contribution in [0.25, 0.3) is 22.9 Å². The van der Waals surface area contributed by atoms with Gasteiger partial charge in [-0.2, -0.15) is 5.10 Å². The molecule has 0 saturated heterocycles. The average Bonchev–Trinajstić information content (AvgIpc) is 3.48. The molecule has 1 aliphatic carbocycles. The SMILES string of the molecule is CN(CC1(C(=O)O)CCC1)c1nc(-c2cc(-c3ccon3)n(Cc3ccccc3F)n2)ncc1F. The van der Waals surface area contributed by atoms with E-state index in [1.54, 1.807) is 42.1 Å². The smallest absolute Gasteiger partial charge is 0.311 e. The highest BCUT2D eigenvalue weighted by molar-refractivity contribution is 5.76. The topological polar surface area (TPSA) is 110 Å². The van der Waals surface area contributed by atoms with E-state index in [1.165, 1.54) is 17.2 Å². The van der Waals surface area contributed by atoms with Crippen molar-refractivity contribution in [2.45, 2.75) is 25.8 Å². The van der Waals surface area contributed by atoms with Crippen LogP contribution < -0.4 is 4.90 Å². The molecule has 1 fully saturated rings. The monoisotopic (exact) mass is 480 g/mol. The maximum Gasteiger partial charge on any atom is 0.311 e. The van der Waals surface area contributed by atoms with Crippen molar-refractivity contribution in [1.29, 1.82) is 0 Å². The Bertz CT molecular complexity index is 1370. The van der Waals surface area contributed by atoms with Crippen molar-refractivity contribution in [3.8, 4) is 22.9 Å². The molecule has 5 rings (SSSR count). The summed E-state index contributed by atoms with van der Waals surface area (Å²) in [5.74, 6) is -1.81. The van der Waals surface area contributed by atoms with Gasteiger partial charge in [0.05, 0.1) is 23.9 Å². The predicted octanol–water partition coefficient (Wildman–Crippen LogP) is 4.01. The maximum atomic E-state index is 14.7. The molecule has 1 aromatic carbocycles. The van der Waals surface area contributed by atoms with E-state index >= 15 is 0 Å². The van der Waals surface area contributed by atoms with Gasteiger partial charge in [-0.25, -0.2) is 18.7 Å². The van der Waals surface area contributed by atoms with Crippen LogP contribution in [0.5, 0.6) is 0 Å². The minimum absolute atomic E-state index is 0.0193. The van der Waals surface area contributed by atoms with E-state index in [1.807, 2.05) is 0 Å². The summed E-state index contributed by atoms with van der Waals surface area (Å²) < 4.78 is 35.5. The number of carbonyl (C=O) groups is 1. The van der Waals surface area contributed by atoms with Crippen molar-refractivity contribution in [3.63, 3.8) is 0 Å². The number of nitrogens with zero attached hydrogens (tertiary/aromatic N) is 6. The fraction of sp³-hybridized carbons (Fsp3) is 0.292. The number of hydrogen-bond acceptors (Lipinski definition) is 7. The molecule has 0 spiro atoms. The Morgan fingerprint density at radius 1 is 1.20 bits per heavy atom. The van der Waals surface area contributed by atoms with Gasteiger partial charge >= 0.3 is 5.97 Å². The summed E-state index contributed by atoms with van der Waals surface area (Å²) in [4.78, 5) is 21.7. The Hall–Kier alpha value is -4.15. The second-order valence-electron chi connectivity index (χ2n) is 8.71. The Balaban J connectivity index is 1.50. The molecular formula is C24H22F2N6O3. The van der Waals surface area contributed by atoms with Gasteiger partial charge in [-0.1, -0.05) is 29.8 Å². The highest BCUT2D eigenvalue weighted by Crippen LogP contribution is 2.42. The van der Waals surface area contributed by atoms with Crippen molar-refractivity contribution in [3.05, 3.63) is 66.1 Å². The van der Waals surface area contributed by atoms with Gasteiger partial charge in [0, 0.05) is 25.2 Å². The number of aliphatic carboxylic acids is 1. The number of rotatable bonds is 8. The molecule has 0 aliphatic heterocycles. The first-order valence-corrected chi connectivity index (χ1v) is 11.1. The van der Waals surface area contributed by atoms with E-state index in [0.717, 1.165) is 12.6 Å². The Morgan fingerprint density at radius 2 is 2.00 bits per heavy atom. The third-order valence-electron chi connectivity index (χ3n) is 6.38. The average molecular weight is 480 g/mol. The lowest BCUT2D eigenvalue weighted by molar-refractivity contribution is -0.153. The van der Waals surface area contributed by atoms with Crippen LogP contribution in [0.2, 0.25) is 0 Å². The molecule has 0 atom stereocenters. The zero-order valence-electron chi connectivity index (χ0n) is 18.9. The van der Waals surface area contributed by atoms with Crippen LogP contribution in [0.3, 0.4) is 0 Å². The molecule has 0 radical (unpaired) electrons. The minimum Gasteiger partial charge on any atom is -0.481 e. The third-order valence-corrected chi connectivity index (χ3v) is 6.38. The molecule has 1 saturated carbocycles. The van der Waals surface area contributed by atoms with E-state index in [2.05, 4.69) is 20.2 Å². The van der Waals surface area contributed by atoms with Crippen molar-refractivity contribution in [2.24, 2.45) is 5.41 Å². The first-order valence-electron chi connectivity index (χ1n) is 11.1. The molecule has 0 amide bonds. The normalized spacial score (nSPS) is 14.5. The third kappa shape index (κ3) is 4.25. The fourth-order valence-corrected chi connectivity index (χ4v) is 4.31. The molecule has 3 heterocycles. The lowest BCUT2D eigenvalue weighted by atomic mass is 9.68. The second kappa shape index (κ2) is 8.90. The summed E-state index contributed by atoms with van der Waals surface area (Å²) in [6, 6.07) is 9.67. The number of halogens is 2. The summed E-state index contributed by atoms with van der Waals surface area (Å²) >= 11 is 0. The molecule has 0 bridgehead atoms. The number of anilines is 1. The standard InChI is InChI=1S/C24H22F2N6O3/c1-31(14-24(23(33)34)8-4-9-24)22-17(26)12-27-21(28-22)19-11-20(18-7-10-35-30-18)32(29-19)13-15-5-2-3-6-16(15)25/h2-3,5-7,10-12H,4,8-9,13-14H2,1H3,(H,33,34). The molecule has 11 heteroatoms. The predicted molar refractivity (Wildman–Crippen MR) is 121 cm³/mol. The van der Waals surface area contributed by atoms with Crippen LogP contribution in [0.15, 0.2) is 53.4 Å². The molecular weight excluding hydrogens is 458 g/mol. The van der Waals surface area contributed by atoms with Gasteiger partial charge in [0.2, 0.25) is 0 Å². The van der Waals surface area contributed by atoms with Gasteiger partial charge in [0.25, 0.3) is 0 Å². The Morgan fingerprint density at radius 3 is 2.66 bits per heavy atom. The van der Waals surface area contributed by atoms with Crippen LogP contribution in [-0.4, -0.2) is 49.6 Å². The van der Waals surface area contributed by atoms with E-state index < -0.39 is 17.2 Å². The number of aromatic nitrogens is 5. The van der Waals surface area contributed by atoms with Crippen LogP contribution in [0.4, 0.5) is 14.6 Å². The largest absolute Gasteiger partial charge is 0.481 e. The molecule has 9 nitrogen and oxygen atoms in total.